The van der Waals surface area contributed by atoms with Crippen LogP contribution in [-0.4, -0.2) is 34.7 Å². The van der Waals surface area contributed by atoms with E-state index in [0.29, 0.717) is 28.4 Å². The number of hydrogen-bond acceptors (Lipinski definition) is 6. The molecule has 0 aliphatic carbocycles. The molecule has 1 atom stereocenters. The molecule has 4 aromatic carbocycles. The average molecular weight is 578 g/mol. The number of para-hydroxylation sites is 1. The predicted molar refractivity (Wildman–Crippen MR) is 162 cm³/mol. The third-order valence-corrected chi connectivity index (χ3v) is 7.05. The standard InChI is InChI=1S/C33H27N3O5S/c34-20-24-11-15-26(16-12-24)31(37)35-29(19-23-13-17-28(18-14-23)41-27-9-5-2-6-10-27)32(38)36-30(33(39)40)22-42-21-25-7-3-1-4-8-25/h1-19,30H,21-22H2,(H,35,37)(H,36,38)(H,39,40)/b29-19-/t30-/m0/s1. The quantitative estimate of drug-likeness (QED) is 0.186. The molecule has 0 saturated carbocycles. The number of nitriles is 1. The summed E-state index contributed by atoms with van der Waals surface area (Å²) in [6.45, 7) is 0. The van der Waals surface area contributed by atoms with Gasteiger partial charge in [-0.25, -0.2) is 4.79 Å². The Balaban J connectivity index is 1.51. The number of rotatable bonds is 12. The molecule has 0 radical (unpaired) electrons. The normalized spacial score (nSPS) is 11.5. The van der Waals surface area contributed by atoms with Crippen LogP contribution in [0.2, 0.25) is 0 Å². The Kier molecular flexibility index (Phi) is 10.5. The van der Waals surface area contributed by atoms with E-state index in [4.69, 9.17) is 10.00 Å². The fourth-order valence-electron chi connectivity index (χ4n) is 3.75. The van der Waals surface area contributed by atoms with E-state index < -0.39 is 23.8 Å². The van der Waals surface area contributed by atoms with E-state index in [9.17, 15) is 19.5 Å². The number of amides is 2. The van der Waals surface area contributed by atoms with Crippen molar-refractivity contribution >= 4 is 35.6 Å². The molecule has 0 fully saturated rings. The summed E-state index contributed by atoms with van der Waals surface area (Å²) in [5.41, 5.74) is 2.09. The second-order valence-electron chi connectivity index (χ2n) is 9.05. The third kappa shape index (κ3) is 8.84. The van der Waals surface area contributed by atoms with Gasteiger partial charge in [0, 0.05) is 17.1 Å². The van der Waals surface area contributed by atoms with E-state index in [1.165, 1.54) is 42.1 Å². The molecule has 9 heteroatoms. The molecule has 2 amide bonds. The van der Waals surface area contributed by atoms with Gasteiger partial charge >= 0.3 is 5.97 Å². The lowest BCUT2D eigenvalue weighted by Crippen LogP contribution is -2.45. The van der Waals surface area contributed by atoms with Gasteiger partial charge in [-0.05, 0) is 65.7 Å². The minimum atomic E-state index is -1.19. The molecular formula is C33H27N3O5S. The summed E-state index contributed by atoms with van der Waals surface area (Å²) in [4.78, 5) is 38.3. The monoisotopic (exact) mass is 577 g/mol. The lowest BCUT2D eigenvalue weighted by Gasteiger charge is -2.17. The van der Waals surface area contributed by atoms with E-state index in [1.54, 1.807) is 24.3 Å². The number of thioether (sulfide) groups is 1. The zero-order chi connectivity index (χ0) is 29.7. The first-order chi connectivity index (χ1) is 20.4. The summed E-state index contributed by atoms with van der Waals surface area (Å²) in [6.07, 6.45) is 1.46. The van der Waals surface area contributed by atoms with Crippen LogP contribution in [0.1, 0.15) is 27.0 Å². The van der Waals surface area contributed by atoms with E-state index >= 15 is 0 Å². The Bertz CT molecular complexity index is 1580. The first kappa shape index (κ1) is 29.6. The van der Waals surface area contributed by atoms with Gasteiger partial charge in [0.2, 0.25) is 0 Å². The zero-order valence-electron chi connectivity index (χ0n) is 22.4. The molecule has 0 aromatic heterocycles. The fraction of sp³-hybridized carbons (Fsp3) is 0.0909. The number of hydrogen-bond donors (Lipinski definition) is 3. The van der Waals surface area contributed by atoms with Crippen LogP contribution in [0.4, 0.5) is 0 Å². The molecular weight excluding hydrogens is 550 g/mol. The highest BCUT2D eigenvalue weighted by atomic mass is 32.2. The van der Waals surface area contributed by atoms with E-state index in [0.717, 1.165) is 5.56 Å². The van der Waals surface area contributed by atoms with Gasteiger partial charge in [-0.1, -0.05) is 60.7 Å². The van der Waals surface area contributed by atoms with Crippen molar-refractivity contribution in [3.05, 3.63) is 137 Å². The van der Waals surface area contributed by atoms with Crippen molar-refractivity contribution in [1.82, 2.24) is 10.6 Å². The molecule has 8 nitrogen and oxygen atoms in total. The number of carboxylic acid groups (broad SMARTS) is 1. The molecule has 0 heterocycles. The minimum Gasteiger partial charge on any atom is -0.480 e. The van der Waals surface area contributed by atoms with Gasteiger partial charge in [-0.15, -0.1) is 0 Å². The molecule has 4 aromatic rings. The smallest absolute Gasteiger partial charge is 0.327 e. The van der Waals surface area contributed by atoms with Crippen molar-refractivity contribution in [3.63, 3.8) is 0 Å². The van der Waals surface area contributed by atoms with Gasteiger partial charge in [0.25, 0.3) is 11.8 Å². The lowest BCUT2D eigenvalue weighted by molar-refractivity contribution is -0.140. The fourth-order valence-corrected chi connectivity index (χ4v) is 4.76. The highest BCUT2D eigenvalue weighted by molar-refractivity contribution is 7.98. The molecule has 0 bridgehead atoms. The van der Waals surface area contributed by atoms with Gasteiger partial charge in [0.1, 0.15) is 23.2 Å². The van der Waals surface area contributed by atoms with E-state index in [1.807, 2.05) is 66.7 Å². The molecule has 0 saturated heterocycles. The van der Waals surface area contributed by atoms with Crippen LogP contribution < -0.4 is 15.4 Å². The van der Waals surface area contributed by atoms with Gasteiger partial charge < -0.3 is 20.5 Å². The lowest BCUT2D eigenvalue weighted by atomic mass is 10.1. The zero-order valence-corrected chi connectivity index (χ0v) is 23.2. The van der Waals surface area contributed by atoms with Crippen LogP contribution in [-0.2, 0) is 15.3 Å². The number of aliphatic carboxylic acids is 1. The number of nitrogens with one attached hydrogen (secondary N) is 2. The average Bonchev–Trinajstić information content (AvgIpc) is 3.02. The molecule has 0 unspecified atom stereocenters. The van der Waals surface area contributed by atoms with E-state index in [-0.39, 0.29) is 17.0 Å². The summed E-state index contributed by atoms with van der Waals surface area (Å²) in [5.74, 6) is -0.588. The number of benzene rings is 4. The molecule has 0 spiro atoms. The van der Waals surface area contributed by atoms with Crippen LogP contribution in [0, 0.1) is 11.3 Å². The Morgan fingerprint density at radius 3 is 2.10 bits per heavy atom. The summed E-state index contributed by atoms with van der Waals surface area (Å²) >= 11 is 1.37. The second-order valence-corrected chi connectivity index (χ2v) is 10.1. The SMILES string of the molecule is N#Cc1ccc(C(=O)N/C(=C\c2ccc(Oc3ccccc3)cc2)C(=O)N[C@@H](CSCc2ccccc2)C(=O)O)cc1. The third-order valence-electron chi connectivity index (χ3n) is 5.94. The van der Waals surface area contributed by atoms with Crippen LogP contribution in [0.5, 0.6) is 11.5 Å². The highest BCUT2D eigenvalue weighted by Gasteiger charge is 2.23. The number of ether oxygens (including phenoxy) is 1. The van der Waals surface area contributed by atoms with Crippen LogP contribution in [0.25, 0.3) is 6.08 Å². The molecule has 3 N–H and O–H groups in total. The largest absolute Gasteiger partial charge is 0.480 e. The Morgan fingerprint density at radius 1 is 0.857 bits per heavy atom. The molecule has 4 rings (SSSR count). The number of nitrogens with zero attached hydrogens (tertiary/aromatic N) is 1. The van der Waals surface area contributed by atoms with Gasteiger partial charge in [-0.2, -0.15) is 17.0 Å². The predicted octanol–water partition coefficient (Wildman–Crippen LogP) is 5.62. The van der Waals surface area contributed by atoms with Crippen molar-refractivity contribution in [1.29, 1.82) is 5.26 Å². The number of carbonyl (C=O) groups is 3. The first-order valence-corrected chi connectivity index (χ1v) is 14.1. The van der Waals surface area contributed by atoms with E-state index in [2.05, 4.69) is 10.6 Å². The second kappa shape index (κ2) is 14.9. The van der Waals surface area contributed by atoms with Gasteiger partial charge in [-0.3, -0.25) is 9.59 Å². The summed E-state index contributed by atoms with van der Waals surface area (Å²) < 4.78 is 5.82. The van der Waals surface area contributed by atoms with Crippen molar-refractivity contribution in [3.8, 4) is 17.6 Å². The molecule has 0 aliphatic rings. The topological polar surface area (TPSA) is 129 Å². The first-order valence-electron chi connectivity index (χ1n) is 12.9. The van der Waals surface area contributed by atoms with Gasteiger partial charge in [0.05, 0.1) is 11.6 Å². The molecule has 210 valence electrons. The number of carbonyl (C=O) groups excluding carboxylic acids is 2. The van der Waals surface area contributed by atoms with Crippen LogP contribution in [0.15, 0.2) is 115 Å². The summed E-state index contributed by atoms with van der Waals surface area (Å²) in [5, 5.41) is 23.9. The highest BCUT2D eigenvalue weighted by Crippen LogP contribution is 2.22. The summed E-state index contributed by atoms with van der Waals surface area (Å²) in [7, 11) is 0. The van der Waals surface area contributed by atoms with Crippen molar-refractivity contribution in [2.24, 2.45) is 0 Å². The Labute approximate surface area is 247 Å². The number of carboxylic acids is 1. The van der Waals surface area contributed by atoms with Crippen molar-refractivity contribution in [2.75, 3.05) is 5.75 Å². The molecule has 0 aliphatic heterocycles. The maximum atomic E-state index is 13.3. The maximum Gasteiger partial charge on any atom is 0.327 e. The van der Waals surface area contributed by atoms with Crippen LogP contribution >= 0.6 is 11.8 Å². The Hall–Kier alpha value is -5.33. The van der Waals surface area contributed by atoms with Crippen molar-refractivity contribution in [2.45, 2.75) is 11.8 Å². The maximum absolute atomic E-state index is 13.3. The van der Waals surface area contributed by atoms with Crippen LogP contribution in [0.3, 0.4) is 0 Å². The van der Waals surface area contributed by atoms with Crippen molar-refractivity contribution < 1.29 is 24.2 Å². The summed E-state index contributed by atoms with van der Waals surface area (Å²) in [6, 6.07) is 32.4. The van der Waals surface area contributed by atoms with Gasteiger partial charge in [0.15, 0.2) is 0 Å². The Morgan fingerprint density at radius 2 is 1.48 bits per heavy atom. The molecule has 42 heavy (non-hydrogen) atoms. The minimum absolute atomic E-state index is 0.123.